The average Bonchev–Trinajstić information content (AvgIpc) is 3.10. The number of benzene rings is 1. The third kappa shape index (κ3) is 7.66. The van der Waals surface area contributed by atoms with Crippen molar-refractivity contribution in [2.45, 2.75) is 70.9 Å². The van der Waals surface area contributed by atoms with Crippen LogP contribution in [0.15, 0.2) is 29.3 Å². The van der Waals surface area contributed by atoms with E-state index in [2.05, 4.69) is 39.9 Å². The summed E-state index contributed by atoms with van der Waals surface area (Å²) in [4.78, 5) is 4.81. The minimum Gasteiger partial charge on any atom is -0.497 e. The van der Waals surface area contributed by atoms with Gasteiger partial charge < -0.3 is 19.9 Å². The van der Waals surface area contributed by atoms with Crippen molar-refractivity contribution >= 4 is 29.9 Å². The molecule has 1 aliphatic carbocycles. The fourth-order valence-electron chi connectivity index (χ4n) is 3.84. The number of nitrogens with zero attached hydrogens (tertiary/aromatic N) is 4. The van der Waals surface area contributed by atoms with Crippen molar-refractivity contribution in [3.8, 4) is 5.75 Å². The summed E-state index contributed by atoms with van der Waals surface area (Å²) < 4.78 is 7.25. The van der Waals surface area contributed by atoms with Gasteiger partial charge in [0.1, 0.15) is 18.1 Å². The number of methoxy groups -OCH3 is 1. The first kappa shape index (κ1) is 25.4. The number of ether oxygens (including phenoxy) is 1. The van der Waals surface area contributed by atoms with E-state index in [9.17, 15) is 0 Å². The topological polar surface area (TPSA) is 76.4 Å². The van der Waals surface area contributed by atoms with Crippen LogP contribution in [0.25, 0.3) is 0 Å². The summed E-state index contributed by atoms with van der Waals surface area (Å²) in [6, 6.07) is 8.86. The highest BCUT2D eigenvalue weighted by Crippen LogP contribution is 2.21. The number of aliphatic imine (C=N–C) groups is 1. The van der Waals surface area contributed by atoms with E-state index in [1.807, 2.05) is 30.7 Å². The molecule has 3 rings (SSSR count). The molecule has 1 aromatic carbocycles. The molecular formula is C23H37IN6O. The number of halogens is 1. The van der Waals surface area contributed by atoms with Crippen LogP contribution < -0.4 is 15.4 Å². The zero-order chi connectivity index (χ0) is 21.3. The first-order valence-electron chi connectivity index (χ1n) is 11.1. The van der Waals surface area contributed by atoms with Gasteiger partial charge in [0, 0.05) is 19.6 Å². The first-order chi connectivity index (χ1) is 14.6. The van der Waals surface area contributed by atoms with E-state index in [1.54, 1.807) is 7.11 Å². The van der Waals surface area contributed by atoms with Crippen LogP contribution in [0, 0.1) is 6.92 Å². The van der Waals surface area contributed by atoms with Gasteiger partial charge in [-0.25, -0.2) is 4.99 Å². The molecule has 31 heavy (non-hydrogen) atoms. The van der Waals surface area contributed by atoms with Crippen molar-refractivity contribution in [3.05, 3.63) is 41.5 Å². The summed E-state index contributed by atoms with van der Waals surface area (Å²) in [5.41, 5.74) is 1.32. The van der Waals surface area contributed by atoms with E-state index in [1.165, 1.54) is 37.7 Å². The second-order valence-corrected chi connectivity index (χ2v) is 8.26. The lowest BCUT2D eigenvalue weighted by Crippen LogP contribution is -2.44. The molecule has 2 N–H and O–H groups in total. The maximum Gasteiger partial charge on any atom is 0.191 e. The normalized spacial score (nSPS) is 15.8. The monoisotopic (exact) mass is 540 g/mol. The van der Waals surface area contributed by atoms with Crippen molar-refractivity contribution in [1.29, 1.82) is 0 Å². The molecule has 7 nitrogen and oxygen atoms in total. The van der Waals surface area contributed by atoms with Crippen LogP contribution in [0.4, 0.5) is 0 Å². The van der Waals surface area contributed by atoms with Crippen LogP contribution in [0.3, 0.4) is 0 Å². The molecule has 0 spiro atoms. The minimum atomic E-state index is 0. The SMILES string of the molecule is COc1ccc(C(C)CCNC(=NCc2nnc(C)n2C)NC2CCCCC2)cc1.I. The molecule has 0 amide bonds. The maximum atomic E-state index is 5.26. The van der Waals surface area contributed by atoms with Gasteiger partial charge in [-0.15, -0.1) is 34.2 Å². The Bertz CT molecular complexity index is 814. The molecule has 1 aliphatic rings. The van der Waals surface area contributed by atoms with Gasteiger partial charge in [0.15, 0.2) is 11.8 Å². The van der Waals surface area contributed by atoms with Crippen LogP contribution in [0.5, 0.6) is 5.75 Å². The lowest BCUT2D eigenvalue weighted by molar-refractivity contribution is 0.409. The summed E-state index contributed by atoms with van der Waals surface area (Å²) in [5, 5.41) is 15.6. The third-order valence-corrected chi connectivity index (χ3v) is 6.06. The van der Waals surface area contributed by atoms with Crippen molar-refractivity contribution < 1.29 is 4.74 Å². The van der Waals surface area contributed by atoms with Gasteiger partial charge in [-0.2, -0.15) is 0 Å². The fraction of sp³-hybridized carbons (Fsp3) is 0.609. The molecule has 0 aliphatic heterocycles. The standard InChI is InChI=1S/C23H36N6O.HI/c1-17(19-10-12-21(30-4)13-11-19)14-15-24-23(26-20-8-6-5-7-9-20)25-16-22-28-27-18(2)29(22)3;/h10-13,17,20H,5-9,14-16H2,1-4H3,(H2,24,25,26);1H. The number of hydrogen-bond acceptors (Lipinski definition) is 4. The summed E-state index contributed by atoms with van der Waals surface area (Å²) in [6.07, 6.45) is 7.39. The van der Waals surface area contributed by atoms with E-state index >= 15 is 0 Å². The maximum absolute atomic E-state index is 5.26. The number of aromatic nitrogens is 3. The second-order valence-electron chi connectivity index (χ2n) is 8.26. The zero-order valence-corrected chi connectivity index (χ0v) is 21.6. The van der Waals surface area contributed by atoms with Gasteiger partial charge in [-0.1, -0.05) is 38.3 Å². The van der Waals surface area contributed by atoms with Crippen molar-refractivity contribution in [1.82, 2.24) is 25.4 Å². The van der Waals surface area contributed by atoms with Crippen LogP contribution in [0.1, 0.15) is 68.6 Å². The molecule has 0 radical (unpaired) electrons. The Hall–Kier alpha value is -1.84. The molecular weight excluding hydrogens is 503 g/mol. The molecule has 1 saturated carbocycles. The summed E-state index contributed by atoms with van der Waals surface area (Å²) in [7, 11) is 3.68. The Labute approximate surface area is 203 Å². The quantitative estimate of drug-likeness (QED) is 0.297. The van der Waals surface area contributed by atoms with Crippen LogP contribution in [-0.4, -0.2) is 40.4 Å². The molecule has 1 atom stereocenters. The number of nitrogens with one attached hydrogen (secondary N) is 2. The predicted octanol–water partition coefficient (Wildman–Crippen LogP) is 4.31. The predicted molar refractivity (Wildman–Crippen MR) is 136 cm³/mol. The summed E-state index contributed by atoms with van der Waals surface area (Å²) in [5.74, 6) is 4.02. The highest BCUT2D eigenvalue weighted by molar-refractivity contribution is 14.0. The Morgan fingerprint density at radius 3 is 2.52 bits per heavy atom. The Balaban J connectivity index is 0.00000341. The van der Waals surface area contributed by atoms with Gasteiger partial charge in [0.05, 0.1) is 7.11 Å². The molecule has 1 aromatic heterocycles. The molecule has 8 heteroatoms. The van der Waals surface area contributed by atoms with Crippen molar-refractivity contribution in [3.63, 3.8) is 0 Å². The first-order valence-corrected chi connectivity index (χ1v) is 11.1. The van der Waals surface area contributed by atoms with Gasteiger partial charge >= 0.3 is 0 Å². The van der Waals surface area contributed by atoms with E-state index in [0.29, 0.717) is 18.5 Å². The second kappa shape index (κ2) is 12.9. The summed E-state index contributed by atoms with van der Waals surface area (Å²) in [6.45, 7) is 5.61. The van der Waals surface area contributed by atoms with Crippen molar-refractivity contribution in [2.75, 3.05) is 13.7 Å². The molecule has 1 fully saturated rings. The van der Waals surface area contributed by atoms with Gasteiger partial charge in [0.2, 0.25) is 0 Å². The Morgan fingerprint density at radius 1 is 1.19 bits per heavy atom. The largest absolute Gasteiger partial charge is 0.497 e. The lowest BCUT2D eigenvalue weighted by Gasteiger charge is -2.25. The molecule has 2 aromatic rings. The van der Waals surface area contributed by atoms with Crippen LogP contribution >= 0.6 is 24.0 Å². The van der Waals surface area contributed by atoms with Crippen LogP contribution in [0.2, 0.25) is 0 Å². The zero-order valence-electron chi connectivity index (χ0n) is 19.2. The van der Waals surface area contributed by atoms with E-state index in [-0.39, 0.29) is 24.0 Å². The number of aryl methyl sites for hydroxylation is 1. The van der Waals surface area contributed by atoms with Crippen molar-refractivity contribution in [2.24, 2.45) is 12.0 Å². The highest BCUT2D eigenvalue weighted by Gasteiger charge is 2.15. The molecule has 1 heterocycles. The molecule has 0 saturated heterocycles. The molecule has 0 bridgehead atoms. The smallest absolute Gasteiger partial charge is 0.191 e. The Kier molecular flexibility index (Phi) is 10.6. The molecule has 172 valence electrons. The third-order valence-electron chi connectivity index (χ3n) is 6.06. The average molecular weight is 540 g/mol. The highest BCUT2D eigenvalue weighted by atomic mass is 127. The molecule has 1 unspecified atom stereocenters. The minimum absolute atomic E-state index is 0. The van der Waals surface area contributed by atoms with Gasteiger partial charge in [-0.3, -0.25) is 0 Å². The number of guanidine groups is 1. The van der Waals surface area contributed by atoms with Gasteiger partial charge in [-0.05, 0) is 49.8 Å². The number of hydrogen-bond donors (Lipinski definition) is 2. The Morgan fingerprint density at radius 2 is 1.90 bits per heavy atom. The van der Waals surface area contributed by atoms with Crippen LogP contribution in [-0.2, 0) is 13.6 Å². The summed E-state index contributed by atoms with van der Waals surface area (Å²) >= 11 is 0. The van der Waals surface area contributed by atoms with E-state index < -0.39 is 0 Å². The lowest BCUT2D eigenvalue weighted by atomic mass is 9.96. The number of rotatable bonds is 8. The van der Waals surface area contributed by atoms with E-state index in [4.69, 9.17) is 9.73 Å². The van der Waals surface area contributed by atoms with E-state index in [0.717, 1.165) is 36.3 Å². The van der Waals surface area contributed by atoms with Gasteiger partial charge in [0.25, 0.3) is 0 Å². The fourth-order valence-corrected chi connectivity index (χ4v) is 3.84.